The highest BCUT2D eigenvalue weighted by Crippen LogP contribution is 1.99. The average Bonchev–Trinajstić information content (AvgIpc) is 2.45. The summed E-state index contributed by atoms with van der Waals surface area (Å²) < 4.78 is 0. The van der Waals surface area contributed by atoms with Gasteiger partial charge < -0.3 is 5.32 Å². The van der Waals surface area contributed by atoms with Gasteiger partial charge in [0.2, 0.25) is 5.91 Å². The molecule has 2 aromatic rings. The molecule has 0 aliphatic heterocycles. The number of amides is 1. The molecule has 2 rings (SSSR count). The lowest BCUT2D eigenvalue weighted by Crippen LogP contribution is -2.23. The maximum absolute atomic E-state index is 11.6. The second-order valence-corrected chi connectivity index (χ2v) is 3.95. The normalized spacial score (nSPS) is 10.0. The summed E-state index contributed by atoms with van der Waals surface area (Å²) in [6, 6.07) is 9.50. The van der Waals surface area contributed by atoms with Crippen molar-refractivity contribution in [3.63, 3.8) is 0 Å². The number of aromatic nitrogens is 2. The van der Waals surface area contributed by atoms with Crippen LogP contribution in [0, 0.1) is 0 Å². The minimum absolute atomic E-state index is 0.0393. The number of pyridine rings is 2. The van der Waals surface area contributed by atoms with E-state index in [9.17, 15) is 4.79 Å². The molecule has 4 heteroatoms. The SMILES string of the molecule is O=C(CCc1ccccn1)NCc1ccncc1. The Morgan fingerprint density at radius 1 is 1.11 bits per heavy atom. The van der Waals surface area contributed by atoms with Crippen LogP contribution in [0.1, 0.15) is 17.7 Å². The van der Waals surface area contributed by atoms with Gasteiger partial charge in [0.05, 0.1) is 0 Å². The minimum atomic E-state index is 0.0393. The topological polar surface area (TPSA) is 54.9 Å². The number of carbonyl (C=O) groups excluding carboxylic acids is 1. The summed E-state index contributed by atoms with van der Waals surface area (Å²) in [5, 5.41) is 2.87. The van der Waals surface area contributed by atoms with Crippen LogP contribution in [0.2, 0.25) is 0 Å². The van der Waals surface area contributed by atoms with Crippen LogP contribution < -0.4 is 5.32 Å². The summed E-state index contributed by atoms with van der Waals surface area (Å²) in [6.07, 6.45) is 6.31. The van der Waals surface area contributed by atoms with E-state index in [-0.39, 0.29) is 5.91 Å². The van der Waals surface area contributed by atoms with Gasteiger partial charge in [-0.1, -0.05) is 6.07 Å². The molecule has 0 spiro atoms. The van der Waals surface area contributed by atoms with Gasteiger partial charge in [0, 0.05) is 37.3 Å². The van der Waals surface area contributed by atoms with E-state index in [1.807, 2.05) is 30.3 Å². The Balaban J connectivity index is 1.73. The number of nitrogens with zero attached hydrogens (tertiary/aromatic N) is 2. The quantitative estimate of drug-likeness (QED) is 0.867. The van der Waals surface area contributed by atoms with Crippen molar-refractivity contribution >= 4 is 5.91 Å². The Morgan fingerprint density at radius 3 is 2.67 bits per heavy atom. The summed E-state index contributed by atoms with van der Waals surface area (Å²) in [7, 11) is 0. The number of aryl methyl sites for hydroxylation is 1. The molecule has 0 saturated heterocycles. The molecule has 0 atom stereocenters. The van der Waals surface area contributed by atoms with Gasteiger partial charge in [-0.3, -0.25) is 14.8 Å². The third-order valence-corrected chi connectivity index (χ3v) is 2.57. The molecule has 1 amide bonds. The summed E-state index contributed by atoms with van der Waals surface area (Å²) >= 11 is 0. The second kappa shape index (κ2) is 6.49. The Morgan fingerprint density at radius 2 is 1.94 bits per heavy atom. The zero-order chi connectivity index (χ0) is 12.6. The highest BCUT2D eigenvalue weighted by molar-refractivity contribution is 5.76. The van der Waals surface area contributed by atoms with E-state index in [2.05, 4.69) is 15.3 Å². The van der Waals surface area contributed by atoms with Gasteiger partial charge in [0.1, 0.15) is 0 Å². The predicted octanol–water partition coefficient (Wildman–Crippen LogP) is 1.73. The largest absolute Gasteiger partial charge is 0.352 e. The van der Waals surface area contributed by atoms with Crippen molar-refractivity contribution in [3.8, 4) is 0 Å². The summed E-state index contributed by atoms with van der Waals surface area (Å²) in [6.45, 7) is 0.545. The van der Waals surface area contributed by atoms with Crippen LogP contribution in [0.25, 0.3) is 0 Å². The van der Waals surface area contributed by atoms with Crippen LogP contribution in [0.15, 0.2) is 48.9 Å². The lowest BCUT2D eigenvalue weighted by molar-refractivity contribution is -0.121. The van der Waals surface area contributed by atoms with E-state index >= 15 is 0 Å². The van der Waals surface area contributed by atoms with Crippen LogP contribution in [-0.4, -0.2) is 15.9 Å². The van der Waals surface area contributed by atoms with E-state index in [4.69, 9.17) is 0 Å². The number of hydrogen-bond acceptors (Lipinski definition) is 3. The van der Waals surface area contributed by atoms with Crippen LogP contribution in [0.5, 0.6) is 0 Å². The molecule has 0 aromatic carbocycles. The molecule has 0 bridgehead atoms. The number of hydrogen-bond donors (Lipinski definition) is 1. The van der Waals surface area contributed by atoms with Crippen molar-refractivity contribution in [2.75, 3.05) is 0 Å². The summed E-state index contributed by atoms with van der Waals surface area (Å²) in [5.41, 5.74) is 1.99. The van der Waals surface area contributed by atoms with Gasteiger partial charge in [0.25, 0.3) is 0 Å². The monoisotopic (exact) mass is 241 g/mol. The first-order valence-corrected chi connectivity index (χ1v) is 5.90. The summed E-state index contributed by atoms with van der Waals surface area (Å²) in [4.78, 5) is 19.7. The van der Waals surface area contributed by atoms with Crippen molar-refractivity contribution in [2.45, 2.75) is 19.4 Å². The molecule has 0 radical (unpaired) electrons. The summed E-state index contributed by atoms with van der Waals surface area (Å²) in [5.74, 6) is 0.0393. The Labute approximate surface area is 106 Å². The smallest absolute Gasteiger partial charge is 0.220 e. The Hall–Kier alpha value is -2.23. The number of carbonyl (C=O) groups is 1. The van der Waals surface area contributed by atoms with E-state index in [1.54, 1.807) is 18.6 Å². The highest BCUT2D eigenvalue weighted by atomic mass is 16.1. The van der Waals surface area contributed by atoms with Crippen LogP contribution in [-0.2, 0) is 17.8 Å². The molecule has 18 heavy (non-hydrogen) atoms. The fraction of sp³-hybridized carbons (Fsp3) is 0.214. The third kappa shape index (κ3) is 3.97. The van der Waals surface area contributed by atoms with Crippen molar-refractivity contribution in [2.24, 2.45) is 0 Å². The fourth-order valence-corrected chi connectivity index (χ4v) is 1.58. The predicted molar refractivity (Wildman–Crippen MR) is 68.6 cm³/mol. The van der Waals surface area contributed by atoms with Crippen molar-refractivity contribution < 1.29 is 4.79 Å². The Kier molecular flexibility index (Phi) is 4.41. The molecule has 92 valence electrons. The number of rotatable bonds is 5. The molecule has 2 aromatic heterocycles. The first-order chi connectivity index (χ1) is 8.84. The van der Waals surface area contributed by atoms with Crippen molar-refractivity contribution in [3.05, 3.63) is 60.2 Å². The minimum Gasteiger partial charge on any atom is -0.352 e. The molecule has 2 heterocycles. The highest BCUT2D eigenvalue weighted by Gasteiger charge is 2.02. The van der Waals surface area contributed by atoms with Gasteiger partial charge >= 0.3 is 0 Å². The molecular formula is C14H15N3O. The average molecular weight is 241 g/mol. The second-order valence-electron chi connectivity index (χ2n) is 3.95. The molecule has 1 N–H and O–H groups in total. The zero-order valence-electron chi connectivity index (χ0n) is 10.0. The third-order valence-electron chi connectivity index (χ3n) is 2.57. The van der Waals surface area contributed by atoms with Gasteiger partial charge in [-0.25, -0.2) is 0 Å². The van der Waals surface area contributed by atoms with E-state index < -0.39 is 0 Å². The Bertz CT molecular complexity index is 439. The molecular weight excluding hydrogens is 226 g/mol. The zero-order valence-corrected chi connectivity index (χ0v) is 10.0. The first-order valence-electron chi connectivity index (χ1n) is 5.90. The maximum atomic E-state index is 11.6. The molecule has 0 aliphatic rings. The molecule has 0 unspecified atom stereocenters. The van der Waals surface area contributed by atoms with Gasteiger partial charge in [-0.05, 0) is 36.2 Å². The van der Waals surface area contributed by atoms with Gasteiger partial charge in [0.15, 0.2) is 0 Å². The van der Waals surface area contributed by atoms with Gasteiger partial charge in [-0.15, -0.1) is 0 Å². The van der Waals surface area contributed by atoms with Crippen LogP contribution in [0.4, 0.5) is 0 Å². The van der Waals surface area contributed by atoms with Gasteiger partial charge in [-0.2, -0.15) is 0 Å². The lowest BCUT2D eigenvalue weighted by Gasteiger charge is -2.04. The molecule has 0 saturated carbocycles. The van der Waals surface area contributed by atoms with E-state index in [1.165, 1.54) is 0 Å². The maximum Gasteiger partial charge on any atom is 0.220 e. The fourth-order valence-electron chi connectivity index (χ4n) is 1.58. The number of nitrogens with one attached hydrogen (secondary N) is 1. The lowest BCUT2D eigenvalue weighted by atomic mass is 10.2. The molecule has 0 aliphatic carbocycles. The molecule has 0 fully saturated rings. The molecule has 4 nitrogen and oxygen atoms in total. The van der Waals surface area contributed by atoms with E-state index in [0.717, 1.165) is 11.3 Å². The van der Waals surface area contributed by atoms with Crippen molar-refractivity contribution in [1.29, 1.82) is 0 Å². The van der Waals surface area contributed by atoms with Crippen LogP contribution >= 0.6 is 0 Å². The van der Waals surface area contributed by atoms with Crippen molar-refractivity contribution in [1.82, 2.24) is 15.3 Å². The first kappa shape index (κ1) is 12.2. The standard InChI is InChI=1S/C14H15N3O/c18-14(5-4-13-3-1-2-8-16-13)17-11-12-6-9-15-10-7-12/h1-3,6-10H,4-5,11H2,(H,17,18). The van der Waals surface area contributed by atoms with Crippen LogP contribution in [0.3, 0.4) is 0 Å². The van der Waals surface area contributed by atoms with E-state index in [0.29, 0.717) is 19.4 Å².